The molecular formula is C67H123NO5. The molecule has 0 aromatic heterocycles. The van der Waals surface area contributed by atoms with E-state index in [0.29, 0.717) is 19.4 Å². The highest BCUT2D eigenvalue weighted by Crippen LogP contribution is 2.16. The number of hydrogen-bond donors (Lipinski definition) is 3. The highest BCUT2D eigenvalue weighted by atomic mass is 16.5. The first kappa shape index (κ1) is 70.6. The Morgan fingerprint density at radius 3 is 1.07 bits per heavy atom. The fourth-order valence-corrected chi connectivity index (χ4v) is 9.58. The lowest BCUT2D eigenvalue weighted by molar-refractivity contribution is -0.143. The molecule has 0 saturated carbocycles. The van der Waals surface area contributed by atoms with E-state index in [2.05, 4.69) is 67.8 Å². The number of amides is 1. The van der Waals surface area contributed by atoms with Gasteiger partial charge in [0.25, 0.3) is 0 Å². The largest absolute Gasteiger partial charge is 0.466 e. The maximum absolute atomic E-state index is 12.5. The molecule has 0 heterocycles. The fourth-order valence-electron chi connectivity index (χ4n) is 9.58. The van der Waals surface area contributed by atoms with Gasteiger partial charge in [0, 0.05) is 12.8 Å². The number of rotatable bonds is 59. The van der Waals surface area contributed by atoms with Crippen molar-refractivity contribution in [3.63, 3.8) is 0 Å². The molecular weight excluding hydrogens is 899 g/mol. The zero-order valence-electron chi connectivity index (χ0n) is 48.6. The van der Waals surface area contributed by atoms with Crippen LogP contribution in [0.3, 0.4) is 0 Å². The summed E-state index contributed by atoms with van der Waals surface area (Å²) in [6.45, 7) is 4.87. The Hall–Kier alpha value is -2.44. The van der Waals surface area contributed by atoms with Crippen molar-refractivity contribution in [1.82, 2.24) is 5.32 Å². The van der Waals surface area contributed by atoms with Crippen molar-refractivity contribution in [2.45, 2.75) is 341 Å². The maximum atomic E-state index is 12.5. The van der Waals surface area contributed by atoms with Crippen LogP contribution in [-0.4, -0.2) is 47.4 Å². The van der Waals surface area contributed by atoms with Gasteiger partial charge in [-0.25, -0.2) is 0 Å². The quantitative estimate of drug-likeness (QED) is 0.0320. The summed E-state index contributed by atoms with van der Waals surface area (Å²) < 4.78 is 5.47. The van der Waals surface area contributed by atoms with E-state index in [1.165, 1.54) is 244 Å². The average Bonchev–Trinajstić information content (AvgIpc) is 3.39. The fraction of sp³-hybridized carbons (Fsp3) is 0.821. The Kier molecular flexibility index (Phi) is 60.0. The van der Waals surface area contributed by atoms with Crippen molar-refractivity contribution < 1.29 is 24.5 Å². The van der Waals surface area contributed by atoms with Gasteiger partial charge in [0.05, 0.1) is 25.4 Å². The third-order valence-corrected chi connectivity index (χ3v) is 14.5. The lowest BCUT2D eigenvalue weighted by Gasteiger charge is -2.20. The Balaban J connectivity index is 3.47. The van der Waals surface area contributed by atoms with E-state index < -0.39 is 12.1 Å². The SMILES string of the molecule is CCCCC/C=C\C/C=C\CCCCCCCC(=O)OCCCCCCCCCCC/C=C\C/C=C\CCCCCCCCCCCC(=O)NC(CO)C(O)/C=C/CCCCCCCCCCCCCCCC. The lowest BCUT2D eigenvalue weighted by Crippen LogP contribution is -2.45. The van der Waals surface area contributed by atoms with Gasteiger partial charge in [-0.3, -0.25) is 9.59 Å². The van der Waals surface area contributed by atoms with Crippen LogP contribution in [0.2, 0.25) is 0 Å². The van der Waals surface area contributed by atoms with Gasteiger partial charge in [0.15, 0.2) is 0 Å². The summed E-state index contributed by atoms with van der Waals surface area (Å²) in [6, 6.07) is -0.634. The molecule has 0 spiro atoms. The van der Waals surface area contributed by atoms with Crippen LogP contribution in [0, 0.1) is 0 Å². The number of carbonyl (C=O) groups is 2. The zero-order chi connectivity index (χ0) is 52.9. The molecule has 0 aliphatic carbocycles. The summed E-state index contributed by atoms with van der Waals surface area (Å²) in [4.78, 5) is 24.5. The molecule has 0 aliphatic heterocycles. The maximum Gasteiger partial charge on any atom is 0.305 e. The number of unbranched alkanes of at least 4 members (excludes halogenated alkanes) is 40. The molecule has 0 saturated heterocycles. The van der Waals surface area contributed by atoms with Crippen LogP contribution in [0.15, 0.2) is 60.8 Å². The van der Waals surface area contributed by atoms with Gasteiger partial charge in [-0.1, -0.05) is 280 Å². The van der Waals surface area contributed by atoms with Crippen LogP contribution in [-0.2, 0) is 14.3 Å². The second-order valence-corrected chi connectivity index (χ2v) is 21.7. The highest BCUT2D eigenvalue weighted by molar-refractivity contribution is 5.76. The molecule has 1 amide bonds. The molecule has 0 aromatic carbocycles. The summed E-state index contributed by atoms with van der Waals surface area (Å²) >= 11 is 0. The average molecular weight is 1020 g/mol. The van der Waals surface area contributed by atoms with Gasteiger partial charge in [-0.05, 0) is 96.3 Å². The number of hydrogen-bond acceptors (Lipinski definition) is 5. The monoisotopic (exact) mass is 1020 g/mol. The van der Waals surface area contributed by atoms with E-state index in [9.17, 15) is 19.8 Å². The van der Waals surface area contributed by atoms with Gasteiger partial charge in [-0.15, -0.1) is 0 Å². The molecule has 2 unspecified atom stereocenters. The van der Waals surface area contributed by atoms with Crippen LogP contribution < -0.4 is 5.32 Å². The summed E-state index contributed by atoms with van der Waals surface area (Å²) in [6.07, 6.45) is 81.2. The van der Waals surface area contributed by atoms with Gasteiger partial charge < -0.3 is 20.3 Å². The first-order chi connectivity index (χ1) is 36.0. The number of esters is 1. The second kappa shape index (κ2) is 62.1. The molecule has 0 aliphatic rings. The molecule has 0 radical (unpaired) electrons. The summed E-state index contributed by atoms with van der Waals surface area (Å²) in [5.74, 6) is -0.0796. The van der Waals surface area contributed by atoms with E-state index >= 15 is 0 Å². The first-order valence-corrected chi connectivity index (χ1v) is 32.1. The van der Waals surface area contributed by atoms with Gasteiger partial charge >= 0.3 is 5.97 Å². The first-order valence-electron chi connectivity index (χ1n) is 32.1. The molecule has 73 heavy (non-hydrogen) atoms. The summed E-state index contributed by atoms with van der Waals surface area (Å²) in [5.41, 5.74) is 0. The molecule has 426 valence electrons. The number of nitrogens with one attached hydrogen (secondary N) is 1. The van der Waals surface area contributed by atoms with E-state index in [1.54, 1.807) is 6.08 Å². The van der Waals surface area contributed by atoms with E-state index in [1.807, 2.05) is 6.08 Å². The minimum Gasteiger partial charge on any atom is -0.466 e. The standard InChI is InChI=1S/C67H123NO5/c1-3-5-7-9-11-13-15-17-19-32-35-39-43-47-51-55-59-65(70)64(63-69)68-66(71)60-56-52-48-44-40-36-33-29-27-25-23-21-20-22-24-26-28-30-34-38-42-46-50-54-58-62-73-67(72)61-57-53-49-45-41-37-31-18-16-14-12-10-8-6-4-2/h12,14,18,21-24,31,55,59,64-65,69-70H,3-11,13,15-17,19-20,25-30,32-54,56-58,60-63H2,1-2H3,(H,68,71)/b14-12-,23-21-,24-22-,31-18-,59-55+. The summed E-state index contributed by atoms with van der Waals surface area (Å²) in [7, 11) is 0. The molecule has 2 atom stereocenters. The van der Waals surface area contributed by atoms with Crippen molar-refractivity contribution in [3.8, 4) is 0 Å². The predicted octanol–water partition coefficient (Wildman–Crippen LogP) is 20.3. The predicted molar refractivity (Wildman–Crippen MR) is 319 cm³/mol. The van der Waals surface area contributed by atoms with Crippen LogP contribution in [0.5, 0.6) is 0 Å². The Labute approximate surface area is 454 Å². The number of aliphatic hydroxyl groups excluding tert-OH is 2. The third-order valence-electron chi connectivity index (χ3n) is 14.5. The molecule has 6 nitrogen and oxygen atoms in total. The number of carbonyl (C=O) groups excluding carboxylic acids is 2. The highest BCUT2D eigenvalue weighted by Gasteiger charge is 2.18. The number of allylic oxidation sites excluding steroid dienone is 9. The van der Waals surface area contributed by atoms with Crippen molar-refractivity contribution >= 4 is 11.9 Å². The normalized spacial score (nSPS) is 13.0. The smallest absolute Gasteiger partial charge is 0.305 e. The molecule has 0 rings (SSSR count). The Bertz CT molecular complexity index is 1270. The molecule has 0 fully saturated rings. The molecule has 0 aromatic rings. The van der Waals surface area contributed by atoms with Gasteiger partial charge in [0.1, 0.15) is 0 Å². The van der Waals surface area contributed by atoms with Crippen molar-refractivity contribution in [3.05, 3.63) is 60.8 Å². The van der Waals surface area contributed by atoms with E-state index in [-0.39, 0.29) is 18.5 Å². The molecule has 6 heteroatoms. The van der Waals surface area contributed by atoms with Crippen molar-refractivity contribution in [2.24, 2.45) is 0 Å². The number of aliphatic hydroxyl groups is 2. The zero-order valence-corrected chi connectivity index (χ0v) is 48.6. The van der Waals surface area contributed by atoms with Crippen LogP contribution >= 0.6 is 0 Å². The lowest BCUT2D eigenvalue weighted by atomic mass is 10.0. The van der Waals surface area contributed by atoms with Crippen LogP contribution in [0.25, 0.3) is 0 Å². The topological polar surface area (TPSA) is 95.9 Å². The van der Waals surface area contributed by atoms with E-state index in [4.69, 9.17) is 4.74 Å². The minimum atomic E-state index is -0.850. The van der Waals surface area contributed by atoms with Crippen LogP contribution in [0.1, 0.15) is 328 Å². The van der Waals surface area contributed by atoms with Crippen molar-refractivity contribution in [1.29, 1.82) is 0 Å². The Morgan fingerprint density at radius 2 is 0.685 bits per heavy atom. The van der Waals surface area contributed by atoms with E-state index in [0.717, 1.165) is 57.8 Å². The van der Waals surface area contributed by atoms with Crippen LogP contribution in [0.4, 0.5) is 0 Å². The van der Waals surface area contributed by atoms with Crippen molar-refractivity contribution in [2.75, 3.05) is 13.2 Å². The second-order valence-electron chi connectivity index (χ2n) is 21.7. The molecule has 3 N–H and O–H groups in total. The molecule has 0 bridgehead atoms. The van der Waals surface area contributed by atoms with Gasteiger partial charge in [-0.2, -0.15) is 0 Å². The minimum absolute atomic E-state index is 0.00596. The number of ether oxygens (including phenoxy) is 1. The Morgan fingerprint density at radius 1 is 0.384 bits per heavy atom. The summed E-state index contributed by atoms with van der Waals surface area (Å²) in [5, 5.41) is 23.1. The third kappa shape index (κ3) is 58.7. The van der Waals surface area contributed by atoms with Gasteiger partial charge in [0.2, 0.25) is 5.91 Å².